The van der Waals surface area contributed by atoms with Crippen LogP contribution < -0.4 is 15.2 Å². The van der Waals surface area contributed by atoms with Gasteiger partial charge in [-0.2, -0.15) is 0 Å². The quantitative estimate of drug-likeness (QED) is 0.451. The Morgan fingerprint density at radius 2 is 1.90 bits per heavy atom. The molecule has 1 saturated heterocycles. The van der Waals surface area contributed by atoms with Crippen molar-refractivity contribution in [3.63, 3.8) is 0 Å². The second-order valence-electron chi connectivity index (χ2n) is 7.22. The van der Waals surface area contributed by atoms with Gasteiger partial charge >= 0.3 is 0 Å². The van der Waals surface area contributed by atoms with Gasteiger partial charge in [0.15, 0.2) is 0 Å². The fourth-order valence-corrected chi connectivity index (χ4v) is 4.53. The molecule has 0 bridgehead atoms. The molecule has 5 rings (SSSR count). The van der Waals surface area contributed by atoms with E-state index in [1.165, 1.54) is 23.1 Å². The summed E-state index contributed by atoms with van der Waals surface area (Å²) in [5, 5.41) is 3.74. The molecule has 0 unspecified atom stereocenters. The molecule has 0 spiro atoms. The largest absolute Gasteiger partial charge is 0.494 e. The zero-order chi connectivity index (χ0) is 28.2. The van der Waals surface area contributed by atoms with Crippen molar-refractivity contribution in [3.8, 4) is 5.75 Å². The number of nitrogens with zero attached hydrogens (tertiary/aromatic N) is 2. The van der Waals surface area contributed by atoms with Crippen LogP contribution in [0.2, 0.25) is 0 Å². The van der Waals surface area contributed by atoms with Crippen LogP contribution in [0, 0.1) is 0 Å². The molecule has 6 heteroatoms. The number of pyridine rings is 1. The number of ether oxygens (including phenoxy) is 1. The first-order valence-electron chi connectivity index (χ1n) is 14.0. The van der Waals surface area contributed by atoms with Gasteiger partial charge in [-0.3, -0.25) is 9.69 Å². The number of fused-ring (bicyclic) bond motifs is 2. The second-order valence-corrected chi connectivity index (χ2v) is 8.17. The minimum Gasteiger partial charge on any atom is -0.494 e. The molecule has 1 aliphatic heterocycles. The topological polar surface area (TPSA) is 48.6 Å². The summed E-state index contributed by atoms with van der Waals surface area (Å²) in [7, 11) is 0. The van der Waals surface area contributed by atoms with Crippen LogP contribution in [0.5, 0.6) is 5.75 Å². The Bertz CT molecular complexity index is 1560. The van der Waals surface area contributed by atoms with Crippen molar-refractivity contribution in [2.45, 2.75) is 12.7 Å². The fourth-order valence-electron chi connectivity index (χ4n) is 3.72. The molecule has 3 heterocycles. The maximum Gasteiger partial charge on any atom is 0.248 e. The van der Waals surface area contributed by atoms with Crippen LogP contribution >= 0.6 is 11.3 Å². The van der Waals surface area contributed by atoms with Gasteiger partial charge in [0.25, 0.3) is 0 Å². The minimum absolute atomic E-state index is 0.116. The molecule has 31 heavy (non-hydrogen) atoms. The van der Waals surface area contributed by atoms with E-state index >= 15 is 0 Å². The fraction of sp³-hybridized carbons (Fsp3) is 0.320. The second kappa shape index (κ2) is 9.12. The van der Waals surface area contributed by atoms with Gasteiger partial charge in [-0.1, -0.05) is 6.07 Å². The van der Waals surface area contributed by atoms with E-state index in [0.29, 0.717) is 24.0 Å². The first kappa shape index (κ1) is 12.9. The van der Waals surface area contributed by atoms with E-state index in [4.69, 9.17) is 15.7 Å². The smallest absolute Gasteiger partial charge is 0.248 e. The lowest BCUT2D eigenvalue weighted by Crippen LogP contribution is -2.46. The first-order chi connectivity index (χ1) is 18.2. The van der Waals surface area contributed by atoms with Crippen molar-refractivity contribution in [1.29, 1.82) is 0 Å². The molecule has 0 atom stereocenters. The van der Waals surface area contributed by atoms with Crippen LogP contribution in [0.15, 0.2) is 64.8 Å². The van der Waals surface area contributed by atoms with E-state index in [2.05, 4.69) is 9.88 Å². The number of hydrogen-bond donors (Lipinski definition) is 1. The highest BCUT2D eigenvalue weighted by Gasteiger charge is 2.18. The molecule has 2 aromatic heterocycles. The summed E-state index contributed by atoms with van der Waals surface area (Å²) < 4.78 is 74.4. The van der Waals surface area contributed by atoms with Crippen LogP contribution in [0.4, 0.5) is 5.69 Å². The lowest BCUT2D eigenvalue weighted by Gasteiger charge is -2.36. The molecule has 0 aliphatic carbocycles. The Morgan fingerprint density at radius 3 is 2.81 bits per heavy atom. The SMILES string of the molecule is [2H]C([2H])(Oc1ccc2ccc(=O)[nH]c2c1)C([2H])([2H])C([2H])([2H])C([2H])([2H])N1CCN(c2cccc3sccc23)CC1. The Hall–Kier alpha value is -2.83. The zero-order valence-electron chi connectivity index (χ0n) is 24.7. The van der Waals surface area contributed by atoms with Crippen LogP contribution in [0.1, 0.15) is 23.7 Å². The van der Waals surface area contributed by atoms with E-state index < -0.39 is 25.8 Å². The summed E-state index contributed by atoms with van der Waals surface area (Å²) in [5.41, 5.74) is 0.967. The number of thiophene rings is 1. The maximum absolute atomic E-state index is 11.6. The van der Waals surface area contributed by atoms with E-state index in [0.717, 1.165) is 15.8 Å². The molecule has 4 aromatic rings. The van der Waals surface area contributed by atoms with Crippen molar-refractivity contribution < 1.29 is 15.7 Å². The standard InChI is InChI=1S/C25H27N3O2S/c29-25-9-7-19-6-8-20(18-22(19)26-25)30-16-2-1-11-27-12-14-28(15-13-27)23-4-3-5-24-21(23)10-17-31-24/h3-10,17-18H,1-2,11-16H2,(H,26,29)/i1D2,2D2,11D2,16D2. The normalized spacial score (nSPS) is 20.7. The highest BCUT2D eigenvalue weighted by atomic mass is 32.1. The summed E-state index contributed by atoms with van der Waals surface area (Å²) >= 11 is 1.63. The number of anilines is 1. The number of piperazine rings is 1. The lowest BCUT2D eigenvalue weighted by molar-refractivity contribution is 0.239. The predicted octanol–water partition coefficient (Wildman–Crippen LogP) is 4.72. The zero-order valence-corrected chi connectivity index (χ0v) is 17.5. The lowest BCUT2D eigenvalue weighted by atomic mass is 10.2. The third-order valence-corrected chi connectivity index (χ3v) is 6.17. The van der Waals surface area contributed by atoms with E-state index in [-0.39, 0.29) is 24.4 Å². The molecular formula is C25H27N3O2S. The third-order valence-electron chi connectivity index (χ3n) is 5.29. The van der Waals surface area contributed by atoms with Crippen LogP contribution in [0.3, 0.4) is 0 Å². The van der Waals surface area contributed by atoms with Crippen LogP contribution in [-0.4, -0.2) is 49.1 Å². The third kappa shape index (κ3) is 4.60. The number of hydrogen-bond acceptors (Lipinski definition) is 5. The molecule has 0 radical (unpaired) electrons. The molecule has 2 aromatic carbocycles. The molecular weight excluding hydrogens is 406 g/mol. The van der Waals surface area contributed by atoms with Crippen molar-refractivity contribution in [3.05, 3.63) is 70.3 Å². The summed E-state index contributed by atoms with van der Waals surface area (Å²) in [5.74, 6) is -0.134. The Balaban J connectivity index is 1.34. The van der Waals surface area contributed by atoms with Gasteiger partial charge < -0.3 is 14.6 Å². The summed E-state index contributed by atoms with van der Waals surface area (Å²) in [6.45, 7) is -5.10. The maximum atomic E-state index is 11.6. The molecule has 1 aliphatic rings. The highest BCUT2D eigenvalue weighted by molar-refractivity contribution is 7.17. The molecule has 0 amide bonds. The number of H-pyrrole nitrogens is 1. The summed E-state index contributed by atoms with van der Waals surface area (Å²) in [6, 6.07) is 15.2. The first-order valence-corrected chi connectivity index (χ1v) is 10.9. The van der Waals surface area contributed by atoms with Crippen LogP contribution in [0.25, 0.3) is 21.0 Å². The number of aromatic nitrogens is 1. The summed E-state index contributed by atoms with van der Waals surface area (Å²) in [6.07, 6.45) is -6.73. The molecule has 5 nitrogen and oxygen atoms in total. The average Bonchev–Trinajstić information content (AvgIpc) is 3.37. The number of rotatable bonds is 7. The van der Waals surface area contributed by atoms with E-state index in [1.807, 2.05) is 29.6 Å². The predicted molar refractivity (Wildman–Crippen MR) is 130 cm³/mol. The average molecular weight is 442 g/mol. The van der Waals surface area contributed by atoms with Crippen molar-refractivity contribution in [2.24, 2.45) is 0 Å². The highest BCUT2D eigenvalue weighted by Crippen LogP contribution is 2.31. The molecule has 0 saturated carbocycles. The van der Waals surface area contributed by atoms with Gasteiger partial charge in [0.05, 0.1) is 14.8 Å². The Labute approximate surface area is 197 Å². The van der Waals surface area contributed by atoms with Gasteiger partial charge in [-0.05, 0) is 66.4 Å². The van der Waals surface area contributed by atoms with Crippen LogP contribution in [-0.2, 0) is 0 Å². The van der Waals surface area contributed by atoms with Gasteiger partial charge in [0.1, 0.15) is 5.75 Å². The van der Waals surface area contributed by atoms with Crippen molar-refractivity contribution >= 4 is 38.0 Å². The van der Waals surface area contributed by atoms with Crippen molar-refractivity contribution in [1.82, 2.24) is 9.88 Å². The molecule has 1 N–H and O–H groups in total. The number of nitrogens with one attached hydrogen (secondary N) is 1. The van der Waals surface area contributed by atoms with Crippen molar-refractivity contribution in [2.75, 3.05) is 44.1 Å². The Kier molecular flexibility index (Phi) is 3.79. The summed E-state index contributed by atoms with van der Waals surface area (Å²) in [4.78, 5) is 17.6. The Morgan fingerprint density at radius 1 is 1.03 bits per heavy atom. The molecule has 1 fully saturated rings. The molecule has 160 valence electrons. The minimum atomic E-state index is -3.41. The van der Waals surface area contributed by atoms with Gasteiger partial charge in [0.2, 0.25) is 5.56 Å². The monoisotopic (exact) mass is 441 g/mol. The van der Waals surface area contributed by atoms with Gasteiger partial charge in [0, 0.05) is 62.3 Å². The number of aromatic amines is 1. The van der Waals surface area contributed by atoms with Gasteiger partial charge in [-0.25, -0.2) is 0 Å². The van der Waals surface area contributed by atoms with Gasteiger partial charge in [-0.15, -0.1) is 11.3 Å². The number of benzene rings is 2. The van der Waals surface area contributed by atoms with E-state index in [1.54, 1.807) is 23.5 Å². The van der Waals surface area contributed by atoms with E-state index in [9.17, 15) is 4.79 Å².